The second kappa shape index (κ2) is 10.5. The van der Waals surface area contributed by atoms with Gasteiger partial charge in [0.15, 0.2) is 0 Å². The molecule has 0 amide bonds. The summed E-state index contributed by atoms with van der Waals surface area (Å²) in [4.78, 5) is 9.74. The van der Waals surface area contributed by atoms with Gasteiger partial charge in [-0.25, -0.2) is 4.98 Å². The van der Waals surface area contributed by atoms with E-state index in [1.807, 2.05) is 24.4 Å². The molecule has 6 aromatic carbocycles. The zero-order chi connectivity index (χ0) is 30.5. The molecule has 0 N–H and O–H groups in total. The molecule has 0 atom stereocenters. The van der Waals surface area contributed by atoms with Crippen LogP contribution in [0.5, 0.6) is 11.5 Å². The van der Waals surface area contributed by atoms with Gasteiger partial charge in [0.25, 0.3) is 0 Å². The largest absolute Gasteiger partial charge is 0.457 e. The van der Waals surface area contributed by atoms with Gasteiger partial charge in [-0.15, -0.1) is 0 Å². The SMILES string of the molecule is c1ccc(C2(c3ccccc3-c3ccc(-c4ccc5ccc6cccnc6c5n4)cc3)c3ccccc3Oc3ccccc32)cc1. The van der Waals surface area contributed by atoms with E-state index in [9.17, 15) is 0 Å². The Hall–Kier alpha value is -6.06. The molecule has 46 heavy (non-hydrogen) atoms. The highest BCUT2D eigenvalue weighted by Crippen LogP contribution is 2.56. The van der Waals surface area contributed by atoms with Crippen LogP contribution in [-0.2, 0) is 5.41 Å². The van der Waals surface area contributed by atoms with Gasteiger partial charge < -0.3 is 4.74 Å². The Kier molecular flexibility index (Phi) is 6.04. The van der Waals surface area contributed by atoms with Crippen LogP contribution in [0.25, 0.3) is 44.2 Å². The predicted octanol–water partition coefficient (Wildman–Crippen LogP) is 10.6. The standard InChI is InChI=1S/C43H28N2O/c1-2-12-33(13-3-1)43(36-16-6-8-18-39(36)46-40-19-9-7-17-37(40)43)35-15-5-4-14-34(35)29-20-22-30(23-21-29)38-27-26-32-25-24-31-11-10-28-44-41(31)42(32)45-38/h1-28H. The highest BCUT2D eigenvalue weighted by Gasteiger charge is 2.46. The van der Waals surface area contributed by atoms with E-state index >= 15 is 0 Å². The van der Waals surface area contributed by atoms with Crippen LogP contribution in [0.2, 0.25) is 0 Å². The van der Waals surface area contributed by atoms with Crippen LogP contribution in [0.15, 0.2) is 170 Å². The summed E-state index contributed by atoms with van der Waals surface area (Å²) in [6, 6.07) is 57.8. The average Bonchev–Trinajstić information content (AvgIpc) is 3.14. The van der Waals surface area contributed by atoms with Crippen molar-refractivity contribution in [2.45, 2.75) is 5.41 Å². The molecule has 216 valence electrons. The van der Waals surface area contributed by atoms with Crippen LogP contribution in [0.3, 0.4) is 0 Å². The number of nitrogens with zero attached hydrogens (tertiary/aromatic N) is 2. The summed E-state index contributed by atoms with van der Waals surface area (Å²) in [7, 11) is 0. The summed E-state index contributed by atoms with van der Waals surface area (Å²) in [5.74, 6) is 1.75. The molecule has 1 aliphatic rings. The fourth-order valence-electron chi connectivity index (χ4n) is 7.21. The number of pyridine rings is 2. The number of aromatic nitrogens is 2. The van der Waals surface area contributed by atoms with E-state index in [0.717, 1.165) is 61.3 Å². The van der Waals surface area contributed by atoms with Gasteiger partial charge in [0, 0.05) is 33.7 Å². The van der Waals surface area contributed by atoms with Crippen LogP contribution in [0.4, 0.5) is 0 Å². The summed E-state index contributed by atoms with van der Waals surface area (Å²) in [5, 5.41) is 2.18. The Bertz CT molecular complexity index is 2350. The van der Waals surface area contributed by atoms with Crippen molar-refractivity contribution in [1.82, 2.24) is 9.97 Å². The minimum Gasteiger partial charge on any atom is -0.457 e. The molecule has 0 saturated carbocycles. The number of fused-ring (bicyclic) bond motifs is 5. The summed E-state index contributed by atoms with van der Waals surface area (Å²) >= 11 is 0. The minimum atomic E-state index is -0.587. The Balaban J connectivity index is 1.23. The summed E-state index contributed by atoms with van der Waals surface area (Å²) in [6.07, 6.45) is 1.83. The van der Waals surface area contributed by atoms with Crippen molar-refractivity contribution in [2.24, 2.45) is 0 Å². The molecule has 0 spiro atoms. The lowest BCUT2D eigenvalue weighted by molar-refractivity contribution is 0.434. The van der Waals surface area contributed by atoms with Crippen molar-refractivity contribution in [3.05, 3.63) is 192 Å². The zero-order valence-electron chi connectivity index (χ0n) is 25.0. The molecule has 0 aliphatic carbocycles. The van der Waals surface area contributed by atoms with Gasteiger partial charge in [-0.3, -0.25) is 4.98 Å². The van der Waals surface area contributed by atoms with Gasteiger partial charge in [-0.05, 0) is 46.5 Å². The molecule has 3 heterocycles. The summed E-state index contributed by atoms with van der Waals surface area (Å²) in [5.41, 5.74) is 10.2. The van der Waals surface area contributed by atoms with E-state index in [2.05, 4.69) is 151 Å². The van der Waals surface area contributed by atoms with Gasteiger partial charge in [0.1, 0.15) is 11.5 Å². The molecule has 9 rings (SSSR count). The van der Waals surface area contributed by atoms with Crippen molar-refractivity contribution in [3.63, 3.8) is 0 Å². The Morgan fingerprint density at radius 1 is 0.435 bits per heavy atom. The summed E-state index contributed by atoms with van der Waals surface area (Å²) < 4.78 is 6.53. The monoisotopic (exact) mass is 588 g/mol. The topological polar surface area (TPSA) is 35.0 Å². The molecule has 3 heteroatoms. The lowest BCUT2D eigenvalue weighted by Crippen LogP contribution is -2.34. The predicted molar refractivity (Wildman–Crippen MR) is 186 cm³/mol. The third-order valence-corrected chi connectivity index (χ3v) is 9.26. The number of ether oxygens (including phenoxy) is 1. The molecule has 0 bridgehead atoms. The molecule has 0 saturated heterocycles. The van der Waals surface area contributed by atoms with E-state index in [1.165, 1.54) is 16.7 Å². The highest BCUT2D eigenvalue weighted by atomic mass is 16.5. The maximum Gasteiger partial charge on any atom is 0.132 e. The van der Waals surface area contributed by atoms with E-state index in [-0.39, 0.29) is 0 Å². The zero-order valence-corrected chi connectivity index (χ0v) is 25.0. The molecule has 2 aromatic heterocycles. The lowest BCUT2D eigenvalue weighted by atomic mass is 9.62. The van der Waals surface area contributed by atoms with E-state index in [4.69, 9.17) is 9.72 Å². The number of rotatable bonds is 4. The smallest absolute Gasteiger partial charge is 0.132 e. The van der Waals surface area contributed by atoms with E-state index in [1.54, 1.807) is 0 Å². The van der Waals surface area contributed by atoms with Crippen LogP contribution in [0.1, 0.15) is 22.3 Å². The van der Waals surface area contributed by atoms with Crippen LogP contribution in [0, 0.1) is 0 Å². The van der Waals surface area contributed by atoms with Crippen molar-refractivity contribution in [3.8, 4) is 33.9 Å². The molecule has 8 aromatic rings. The van der Waals surface area contributed by atoms with Crippen molar-refractivity contribution >= 4 is 21.8 Å². The number of para-hydroxylation sites is 2. The normalized spacial score (nSPS) is 13.1. The maximum atomic E-state index is 6.53. The van der Waals surface area contributed by atoms with Crippen molar-refractivity contribution in [1.29, 1.82) is 0 Å². The Morgan fingerprint density at radius 2 is 1.02 bits per heavy atom. The van der Waals surface area contributed by atoms with Gasteiger partial charge in [-0.2, -0.15) is 0 Å². The van der Waals surface area contributed by atoms with Gasteiger partial charge in [0.2, 0.25) is 0 Å². The third kappa shape index (κ3) is 3.99. The number of hydrogen-bond acceptors (Lipinski definition) is 3. The first-order valence-electron chi connectivity index (χ1n) is 15.6. The van der Waals surface area contributed by atoms with Gasteiger partial charge in [0.05, 0.1) is 22.1 Å². The molecular formula is C43H28N2O. The fraction of sp³-hybridized carbons (Fsp3) is 0.0233. The molecule has 1 aliphatic heterocycles. The minimum absolute atomic E-state index is 0.587. The summed E-state index contributed by atoms with van der Waals surface area (Å²) in [6.45, 7) is 0. The first-order chi connectivity index (χ1) is 22.8. The average molecular weight is 589 g/mol. The second-order valence-electron chi connectivity index (χ2n) is 11.7. The molecule has 0 fully saturated rings. The van der Waals surface area contributed by atoms with Crippen LogP contribution in [-0.4, -0.2) is 9.97 Å². The lowest BCUT2D eigenvalue weighted by Gasteiger charge is -2.42. The van der Waals surface area contributed by atoms with Crippen LogP contribution < -0.4 is 4.74 Å². The second-order valence-corrected chi connectivity index (χ2v) is 11.7. The quantitative estimate of drug-likeness (QED) is 0.192. The Morgan fingerprint density at radius 3 is 1.76 bits per heavy atom. The highest BCUT2D eigenvalue weighted by molar-refractivity contribution is 6.03. The maximum absolute atomic E-state index is 6.53. The molecule has 0 unspecified atom stereocenters. The molecule has 0 radical (unpaired) electrons. The Labute approximate surface area is 267 Å². The van der Waals surface area contributed by atoms with E-state index in [0.29, 0.717) is 0 Å². The molecular weight excluding hydrogens is 560 g/mol. The first kappa shape index (κ1) is 26.4. The number of hydrogen-bond donors (Lipinski definition) is 0. The molecule has 3 nitrogen and oxygen atoms in total. The number of benzene rings is 6. The van der Waals surface area contributed by atoms with E-state index < -0.39 is 5.41 Å². The van der Waals surface area contributed by atoms with Crippen LogP contribution >= 0.6 is 0 Å². The van der Waals surface area contributed by atoms with Gasteiger partial charge in [-0.1, -0.05) is 140 Å². The fourth-order valence-corrected chi connectivity index (χ4v) is 7.21. The third-order valence-electron chi connectivity index (χ3n) is 9.26. The first-order valence-corrected chi connectivity index (χ1v) is 15.6. The van der Waals surface area contributed by atoms with Crippen molar-refractivity contribution in [2.75, 3.05) is 0 Å². The van der Waals surface area contributed by atoms with Gasteiger partial charge >= 0.3 is 0 Å². The van der Waals surface area contributed by atoms with Crippen molar-refractivity contribution < 1.29 is 4.74 Å².